The normalized spacial score (nSPS) is 30.9. The first kappa shape index (κ1) is 15.0. The van der Waals surface area contributed by atoms with Gasteiger partial charge in [-0.2, -0.15) is 5.10 Å². The summed E-state index contributed by atoms with van der Waals surface area (Å²) in [7, 11) is 2.04. The molecule has 1 N–H and O–H groups in total. The predicted molar refractivity (Wildman–Crippen MR) is 84.4 cm³/mol. The quantitative estimate of drug-likeness (QED) is 0.906. The maximum atomic E-state index is 5.84. The average Bonchev–Trinajstić information content (AvgIpc) is 3.09. The zero-order valence-corrected chi connectivity index (χ0v) is 13.5. The van der Waals surface area contributed by atoms with E-state index in [1.807, 2.05) is 7.05 Å². The molecule has 4 heteroatoms. The molecule has 118 valence electrons. The smallest absolute Gasteiger partial charge is 0.0631 e. The SMILES string of the molecule is CNCC1(Cc2ccn(C3CCCCC3)n2)CCOC1C. The van der Waals surface area contributed by atoms with E-state index < -0.39 is 0 Å². The minimum absolute atomic E-state index is 0.209. The zero-order valence-electron chi connectivity index (χ0n) is 13.5. The highest BCUT2D eigenvalue weighted by Crippen LogP contribution is 2.37. The molecular formula is C17H29N3O. The Morgan fingerprint density at radius 3 is 2.86 bits per heavy atom. The van der Waals surface area contributed by atoms with Crippen molar-refractivity contribution in [1.29, 1.82) is 0 Å². The molecule has 3 rings (SSSR count). The maximum Gasteiger partial charge on any atom is 0.0631 e. The Morgan fingerprint density at radius 2 is 2.19 bits per heavy atom. The summed E-state index contributed by atoms with van der Waals surface area (Å²) in [5.41, 5.74) is 1.44. The van der Waals surface area contributed by atoms with Crippen LogP contribution >= 0.6 is 0 Å². The molecule has 0 aromatic carbocycles. The Bertz CT molecular complexity index is 453. The Hall–Kier alpha value is -0.870. The molecule has 2 heterocycles. The molecule has 1 saturated heterocycles. The van der Waals surface area contributed by atoms with Gasteiger partial charge in [-0.3, -0.25) is 4.68 Å². The molecule has 0 amide bonds. The number of ether oxygens (including phenoxy) is 1. The van der Waals surface area contributed by atoms with E-state index in [-0.39, 0.29) is 5.41 Å². The molecule has 1 saturated carbocycles. The van der Waals surface area contributed by atoms with Gasteiger partial charge in [-0.1, -0.05) is 19.3 Å². The molecule has 4 nitrogen and oxygen atoms in total. The molecule has 0 radical (unpaired) electrons. The minimum Gasteiger partial charge on any atom is -0.378 e. The van der Waals surface area contributed by atoms with Gasteiger partial charge >= 0.3 is 0 Å². The van der Waals surface area contributed by atoms with E-state index in [2.05, 4.69) is 29.2 Å². The van der Waals surface area contributed by atoms with Gasteiger partial charge in [0, 0.05) is 31.2 Å². The number of nitrogens with one attached hydrogen (secondary N) is 1. The standard InChI is InChI=1S/C17H29N3O/c1-14-17(13-18-2,9-11-21-14)12-15-8-10-20(19-15)16-6-4-3-5-7-16/h8,10,14,16,18H,3-7,9,11-13H2,1-2H3. The van der Waals surface area contributed by atoms with Gasteiger partial charge in [-0.05, 0) is 39.3 Å². The highest BCUT2D eigenvalue weighted by molar-refractivity contribution is 5.07. The van der Waals surface area contributed by atoms with Crippen molar-refractivity contribution in [2.75, 3.05) is 20.2 Å². The van der Waals surface area contributed by atoms with E-state index >= 15 is 0 Å². The first-order chi connectivity index (χ1) is 10.2. The lowest BCUT2D eigenvalue weighted by molar-refractivity contribution is 0.0634. The number of aromatic nitrogens is 2. The van der Waals surface area contributed by atoms with Crippen LogP contribution in [0.25, 0.3) is 0 Å². The van der Waals surface area contributed by atoms with Crippen molar-refractivity contribution in [3.05, 3.63) is 18.0 Å². The average molecular weight is 291 g/mol. The van der Waals surface area contributed by atoms with E-state index in [1.54, 1.807) is 0 Å². The summed E-state index contributed by atoms with van der Waals surface area (Å²) < 4.78 is 8.07. The Balaban J connectivity index is 1.70. The summed E-state index contributed by atoms with van der Waals surface area (Å²) in [6.45, 7) is 4.10. The molecule has 2 atom stereocenters. The summed E-state index contributed by atoms with van der Waals surface area (Å²) >= 11 is 0. The van der Waals surface area contributed by atoms with Crippen LogP contribution in [-0.2, 0) is 11.2 Å². The third-order valence-corrected chi connectivity index (χ3v) is 5.50. The lowest BCUT2D eigenvalue weighted by Crippen LogP contribution is -2.40. The minimum atomic E-state index is 0.209. The molecular weight excluding hydrogens is 262 g/mol. The van der Waals surface area contributed by atoms with Gasteiger partial charge in [0.2, 0.25) is 0 Å². The maximum absolute atomic E-state index is 5.84. The van der Waals surface area contributed by atoms with Gasteiger partial charge in [0.05, 0.1) is 17.8 Å². The van der Waals surface area contributed by atoms with Gasteiger partial charge in [0.25, 0.3) is 0 Å². The first-order valence-electron chi connectivity index (χ1n) is 8.54. The largest absolute Gasteiger partial charge is 0.378 e. The molecule has 21 heavy (non-hydrogen) atoms. The Labute approximate surface area is 128 Å². The summed E-state index contributed by atoms with van der Waals surface area (Å²) in [6, 6.07) is 2.85. The topological polar surface area (TPSA) is 39.1 Å². The summed E-state index contributed by atoms with van der Waals surface area (Å²) in [5, 5.41) is 8.25. The molecule has 1 aromatic rings. The third-order valence-electron chi connectivity index (χ3n) is 5.50. The van der Waals surface area contributed by atoms with E-state index in [0.717, 1.165) is 26.0 Å². The number of hydrogen-bond donors (Lipinski definition) is 1. The third kappa shape index (κ3) is 3.16. The molecule has 0 spiro atoms. The van der Waals surface area contributed by atoms with Crippen LogP contribution in [0.15, 0.2) is 12.3 Å². The van der Waals surface area contributed by atoms with Crippen LogP contribution in [0.2, 0.25) is 0 Å². The molecule has 1 aliphatic carbocycles. The number of nitrogens with zero attached hydrogens (tertiary/aromatic N) is 2. The summed E-state index contributed by atoms with van der Waals surface area (Å²) in [5.74, 6) is 0. The van der Waals surface area contributed by atoms with Crippen molar-refractivity contribution >= 4 is 0 Å². The lowest BCUT2D eigenvalue weighted by Gasteiger charge is -2.31. The van der Waals surface area contributed by atoms with Crippen LogP contribution in [0.3, 0.4) is 0 Å². The number of rotatable bonds is 5. The molecule has 2 unspecified atom stereocenters. The molecule has 2 fully saturated rings. The van der Waals surface area contributed by atoms with Crippen molar-refractivity contribution in [2.24, 2.45) is 5.41 Å². The van der Waals surface area contributed by atoms with Crippen LogP contribution in [-0.4, -0.2) is 36.1 Å². The summed E-state index contributed by atoms with van der Waals surface area (Å²) in [6.07, 6.45) is 11.3. The molecule has 1 aromatic heterocycles. The van der Waals surface area contributed by atoms with Crippen molar-refractivity contribution in [1.82, 2.24) is 15.1 Å². The fourth-order valence-corrected chi connectivity index (χ4v) is 4.08. The number of hydrogen-bond acceptors (Lipinski definition) is 3. The fraction of sp³-hybridized carbons (Fsp3) is 0.824. The molecule has 0 bridgehead atoms. The van der Waals surface area contributed by atoms with Gasteiger partial charge in [-0.25, -0.2) is 0 Å². The second kappa shape index (κ2) is 6.49. The second-order valence-corrected chi connectivity index (χ2v) is 6.91. The van der Waals surface area contributed by atoms with Gasteiger partial charge in [0.15, 0.2) is 0 Å². The van der Waals surface area contributed by atoms with E-state index in [9.17, 15) is 0 Å². The van der Waals surface area contributed by atoms with Crippen LogP contribution < -0.4 is 5.32 Å². The predicted octanol–water partition coefficient (Wildman–Crippen LogP) is 2.95. The van der Waals surface area contributed by atoms with Crippen LogP contribution in [0.5, 0.6) is 0 Å². The van der Waals surface area contributed by atoms with E-state index in [1.165, 1.54) is 37.8 Å². The van der Waals surface area contributed by atoms with Crippen molar-refractivity contribution < 1.29 is 4.74 Å². The summed E-state index contributed by atoms with van der Waals surface area (Å²) in [4.78, 5) is 0. The lowest BCUT2D eigenvalue weighted by atomic mass is 9.77. The Kier molecular flexibility index (Phi) is 4.65. The van der Waals surface area contributed by atoms with Gasteiger partial charge < -0.3 is 10.1 Å². The Morgan fingerprint density at radius 1 is 1.38 bits per heavy atom. The monoisotopic (exact) mass is 291 g/mol. The highest BCUT2D eigenvalue weighted by atomic mass is 16.5. The van der Waals surface area contributed by atoms with Gasteiger partial charge in [-0.15, -0.1) is 0 Å². The first-order valence-corrected chi connectivity index (χ1v) is 8.54. The van der Waals surface area contributed by atoms with Crippen molar-refractivity contribution in [3.63, 3.8) is 0 Å². The molecule has 1 aliphatic heterocycles. The zero-order chi connectivity index (χ0) is 14.7. The fourth-order valence-electron chi connectivity index (χ4n) is 4.08. The second-order valence-electron chi connectivity index (χ2n) is 6.91. The van der Waals surface area contributed by atoms with E-state index in [4.69, 9.17) is 9.84 Å². The highest BCUT2D eigenvalue weighted by Gasteiger charge is 2.41. The van der Waals surface area contributed by atoms with Crippen molar-refractivity contribution in [2.45, 2.75) is 64.0 Å². The van der Waals surface area contributed by atoms with E-state index in [0.29, 0.717) is 12.1 Å². The van der Waals surface area contributed by atoms with Crippen LogP contribution in [0.4, 0.5) is 0 Å². The molecule has 2 aliphatic rings. The van der Waals surface area contributed by atoms with Crippen LogP contribution in [0, 0.1) is 5.41 Å². The van der Waals surface area contributed by atoms with Crippen molar-refractivity contribution in [3.8, 4) is 0 Å². The van der Waals surface area contributed by atoms with Gasteiger partial charge in [0.1, 0.15) is 0 Å². The van der Waals surface area contributed by atoms with Crippen LogP contribution in [0.1, 0.15) is 57.2 Å².